The summed E-state index contributed by atoms with van der Waals surface area (Å²) in [4.78, 5) is 23.4. The van der Waals surface area contributed by atoms with Crippen LogP contribution in [0.1, 0.15) is 35.3 Å². The third-order valence-electron chi connectivity index (χ3n) is 4.32. The van der Waals surface area contributed by atoms with E-state index in [1.807, 2.05) is 13.0 Å². The topological polar surface area (TPSA) is 70.2 Å². The van der Waals surface area contributed by atoms with Gasteiger partial charge in [-0.25, -0.2) is 4.98 Å². The standard InChI is InChI=1S/C19H24ClN5O/c1-14-13-17(25-11-3-2-4-12-25)24-19(23-14)22-10-9-21-18(26)15-5-7-16(20)8-6-15/h5-8,13H,2-4,9-12H2,1H3,(H,21,26)(H,22,23,24). The lowest BCUT2D eigenvalue weighted by atomic mass is 10.1. The van der Waals surface area contributed by atoms with Crippen molar-refractivity contribution in [2.75, 3.05) is 36.4 Å². The molecule has 2 heterocycles. The molecule has 0 bridgehead atoms. The second-order valence-electron chi connectivity index (χ2n) is 6.43. The quantitative estimate of drug-likeness (QED) is 0.760. The minimum atomic E-state index is -0.123. The smallest absolute Gasteiger partial charge is 0.251 e. The van der Waals surface area contributed by atoms with E-state index in [1.54, 1.807) is 24.3 Å². The molecule has 1 amide bonds. The lowest BCUT2D eigenvalue weighted by Crippen LogP contribution is -2.31. The fraction of sp³-hybridized carbons (Fsp3) is 0.421. The van der Waals surface area contributed by atoms with E-state index in [9.17, 15) is 4.79 Å². The van der Waals surface area contributed by atoms with Crippen LogP contribution in [0.2, 0.25) is 5.02 Å². The average Bonchev–Trinajstić information content (AvgIpc) is 2.66. The summed E-state index contributed by atoms with van der Waals surface area (Å²) < 4.78 is 0. The number of carbonyl (C=O) groups excluding carboxylic acids is 1. The number of carbonyl (C=O) groups is 1. The van der Waals surface area contributed by atoms with Crippen molar-refractivity contribution in [1.29, 1.82) is 0 Å². The van der Waals surface area contributed by atoms with Gasteiger partial charge in [0.2, 0.25) is 5.95 Å². The van der Waals surface area contributed by atoms with Crippen LogP contribution >= 0.6 is 11.6 Å². The van der Waals surface area contributed by atoms with Crippen LogP contribution in [-0.2, 0) is 0 Å². The lowest BCUT2D eigenvalue weighted by Gasteiger charge is -2.28. The van der Waals surface area contributed by atoms with Crippen LogP contribution in [0, 0.1) is 6.92 Å². The zero-order chi connectivity index (χ0) is 18.4. The maximum atomic E-state index is 12.1. The first-order valence-electron chi connectivity index (χ1n) is 9.00. The number of nitrogens with one attached hydrogen (secondary N) is 2. The van der Waals surface area contributed by atoms with Crippen LogP contribution in [0.4, 0.5) is 11.8 Å². The normalized spacial score (nSPS) is 14.2. The Morgan fingerprint density at radius 3 is 2.58 bits per heavy atom. The van der Waals surface area contributed by atoms with Crippen molar-refractivity contribution >= 4 is 29.3 Å². The molecule has 0 spiro atoms. The van der Waals surface area contributed by atoms with Crippen molar-refractivity contribution in [3.8, 4) is 0 Å². The highest BCUT2D eigenvalue weighted by Crippen LogP contribution is 2.19. The number of amides is 1. The summed E-state index contributed by atoms with van der Waals surface area (Å²) in [5.74, 6) is 1.46. The van der Waals surface area contributed by atoms with Crippen molar-refractivity contribution in [3.05, 3.63) is 46.6 Å². The highest BCUT2D eigenvalue weighted by molar-refractivity contribution is 6.30. The molecule has 1 aliphatic rings. The third kappa shape index (κ3) is 5.08. The minimum Gasteiger partial charge on any atom is -0.356 e. The van der Waals surface area contributed by atoms with Crippen LogP contribution in [0.5, 0.6) is 0 Å². The molecule has 0 unspecified atom stereocenters. The van der Waals surface area contributed by atoms with Gasteiger partial charge in [0.1, 0.15) is 5.82 Å². The number of aromatic nitrogens is 2. The SMILES string of the molecule is Cc1cc(N2CCCCC2)nc(NCCNC(=O)c2ccc(Cl)cc2)n1. The predicted octanol–water partition coefficient (Wildman–Crippen LogP) is 3.27. The number of hydrogen-bond donors (Lipinski definition) is 2. The predicted molar refractivity (Wildman–Crippen MR) is 105 cm³/mol. The fourth-order valence-corrected chi connectivity index (χ4v) is 3.10. The molecule has 7 heteroatoms. The summed E-state index contributed by atoms with van der Waals surface area (Å²) in [6.07, 6.45) is 3.71. The van der Waals surface area contributed by atoms with Crippen LogP contribution in [0.15, 0.2) is 30.3 Å². The second-order valence-corrected chi connectivity index (χ2v) is 6.86. The van der Waals surface area contributed by atoms with Crippen molar-refractivity contribution in [2.45, 2.75) is 26.2 Å². The van der Waals surface area contributed by atoms with Gasteiger partial charge in [-0.2, -0.15) is 4.98 Å². The molecule has 1 aromatic heterocycles. The van der Waals surface area contributed by atoms with Crippen LogP contribution in [-0.4, -0.2) is 42.1 Å². The lowest BCUT2D eigenvalue weighted by molar-refractivity contribution is 0.0955. The molecule has 26 heavy (non-hydrogen) atoms. The Morgan fingerprint density at radius 1 is 1.12 bits per heavy atom. The maximum absolute atomic E-state index is 12.1. The van der Waals surface area contributed by atoms with Crippen molar-refractivity contribution in [2.24, 2.45) is 0 Å². The summed E-state index contributed by atoms with van der Waals surface area (Å²) in [6.45, 7) is 5.11. The molecule has 0 saturated carbocycles. The summed E-state index contributed by atoms with van der Waals surface area (Å²) in [5.41, 5.74) is 1.53. The molecule has 138 valence electrons. The van der Waals surface area contributed by atoms with Crippen LogP contribution in [0.3, 0.4) is 0 Å². The third-order valence-corrected chi connectivity index (χ3v) is 4.57. The first-order chi connectivity index (χ1) is 12.6. The molecule has 2 aromatic rings. The molecule has 1 aromatic carbocycles. The van der Waals surface area contributed by atoms with E-state index in [2.05, 4.69) is 25.5 Å². The van der Waals surface area contributed by atoms with Gasteiger partial charge in [-0.3, -0.25) is 4.79 Å². The first kappa shape index (κ1) is 18.5. The maximum Gasteiger partial charge on any atom is 0.251 e. The Hall–Kier alpha value is -2.34. The average molecular weight is 374 g/mol. The molecule has 1 saturated heterocycles. The first-order valence-corrected chi connectivity index (χ1v) is 9.38. The van der Waals surface area contributed by atoms with E-state index in [0.717, 1.165) is 24.6 Å². The molecule has 1 fully saturated rings. The number of halogens is 1. The van der Waals surface area contributed by atoms with Gasteiger partial charge in [-0.1, -0.05) is 11.6 Å². The Morgan fingerprint density at radius 2 is 1.85 bits per heavy atom. The summed E-state index contributed by atoms with van der Waals surface area (Å²) in [5, 5.41) is 6.68. The fourth-order valence-electron chi connectivity index (χ4n) is 2.97. The van der Waals surface area contributed by atoms with Gasteiger partial charge in [-0.15, -0.1) is 0 Å². The van der Waals surface area contributed by atoms with Gasteiger partial charge in [0.15, 0.2) is 0 Å². The molecule has 3 rings (SSSR count). The van der Waals surface area contributed by atoms with Gasteiger partial charge in [0.05, 0.1) is 0 Å². The monoisotopic (exact) mass is 373 g/mol. The van der Waals surface area contributed by atoms with Gasteiger partial charge in [0, 0.05) is 48.5 Å². The van der Waals surface area contributed by atoms with Crippen molar-refractivity contribution in [1.82, 2.24) is 15.3 Å². The Labute approximate surface area is 159 Å². The zero-order valence-corrected chi connectivity index (χ0v) is 15.7. The Balaban J connectivity index is 1.50. The van der Waals surface area contributed by atoms with Crippen LogP contribution < -0.4 is 15.5 Å². The Kier molecular flexibility index (Phi) is 6.28. The van der Waals surface area contributed by atoms with E-state index < -0.39 is 0 Å². The summed E-state index contributed by atoms with van der Waals surface area (Å²) in [6, 6.07) is 8.85. The second kappa shape index (κ2) is 8.85. The molecular formula is C19H24ClN5O. The number of hydrogen-bond acceptors (Lipinski definition) is 5. The summed E-state index contributed by atoms with van der Waals surface area (Å²) in [7, 11) is 0. The van der Waals surface area contributed by atoms with Gasteiger partial charge in [0.25, 0.3) is 5.91 Å². The molecule has 0 atom stereocenters. The zero-order valence-electron chi connectivity index (χ0n) is 15.0. The van der Waals surface area contributed by atoms with E-state index in [0.29, 0.717) is 29.6 Å². The van der Waals surface area contributed by atoms with Gasteiger partial charge >= 0.3 is 0 Å². The number of anilines is 2. The highest BCUT2D eigenvalue weighted by Gasteiger charge is 2.13. The highest BCUT2D eigenvalue weighted by atomic mass is 35.5. The Bertz CT molecular complexity index is 744. The van der Waals surface area contributed by atoms with E-state index in [-0.39, 0.29) is 5.91 Å². The van der Waals surface area contributed by atoms with Crippen LogP contribution in [0.25, 0.3) is 0 Å². The van der Waals surface area contributed by atoms with Crippen molar-refractivity contribution < 1.29 is 4.79 Å². The number of nitrogens with zero attached hydrogens (tertiary/aromatic N) is 3. The molecule has 0 aliphatic carbocycles. The van der Waals surface area contributed by atoms with E-state index >= 15 is 0 Å². The number of rotatable bonds is 6. The van der Waals surface area contributed by atoms with E-state index in [1.165, 1.54) is 19.3 Å². The number of piperidine rings is 1. The molecular weight excluding hydrogens is 350 g/mol. The molecule has 0 radical (unpaired) electrons. The molecule has 1 aliphatic heterocycles. The van der Waals surface area contributed by atoms with Gasteiger partial charge < -0.3 is 15.5 Å². The number of aryl methyl sites for hydroxylation is 1. The minimum absolute atomic E-state index is 0.123. The molecule has 2 N–H and O–H groups in total. The van der Waals surface area contributed by atoms with Gasteiger partial charge in [-0.05, 0) is 50.5 Å². The van der Waals surface area contributed by atoms with Crippen molar-refractivity contribution in [3.63, 3.8) is 0 Å². The molecule has 6 nitrogen and oxygen atoms in total. The summed E-state index contributed by atoms with van der Waals surface area (Å²) >= 11 is 5.83. The number of benzene rings is 1. The largest absolute Gasteiger partial charge is 0.356 e. The van der Waals surface area contributed by atoms with E-state index in [4.69, 9.17) is 11.6 Å².